The van der Waals surface area contributed by atoms with E-state index in [-0.39, 0.29) is 16.9 Å². The SMILES string of the molecule is Cc1cc2ccccc2n(CCNC(=O)CC(C)(C)C)c1=O. The number of amides is 1. The van der Waals surface area contributed by atoms with Gasteiger partial charge in [0.15, 0.2) is 0 Å². The summed E-state index contributed by atoms with van der Waals surface area (Å²) in [7, 11) is 0. The Kier molecular flexibility index (Phi) is 4.69. The van der Waals surface area contributed by atoms with E-state index in [4.69, 9.17) is 0 Å². The van der Waals surface area contributed by atoms with Crippen LogP contribution in [0.25, 0.3) is 10.9 Å². The fourth-order valence-corrected chi connectivity index (χ4v) is 2.55. The molecule has 0 aliphatic carbocycles. The lowest BCUT2D eigenvalue weighted by molar-refractivity contribution is -0.122. The van der Waals surface area contributed by atoms with Crippen molar-refractivity contribution in [2.75, 3.05) is 6.54 Å². The molecule has 1 N–H and O–H groups in total. The second-order valence-corrected chi connectivity index (χ2v) is 6.93. The molecule has 1 heterocycles. The molecule has 2 rings (SSSR count). The summed E-state index contributed by atoms with van der Waals surface area (Å²) < 4.78 is 1.74. The molecule has 0 spiro atoms. The molecule has 22 heavy (non-hydrogen) atoms. The Balaban J connectivity index is 2.14. The number of aryl methyl sites for hydroxylation is 1. The molecular weight excluding hydrogens is 276 g/mol. The Morgan fingerprint density at radius 2 is 1.91 bits per heavy atom. The van der Waals surface area contributed by atoms with Crippen molar-refractivity contribution in [1.29, 1.82) is 0 Å². The first-order valence-electron chi connectivity index (χ1n) is 7.64. The average molecular weight is 300 g/mol. The lowest BCUT2D eigenvalue weighted by Crippen LogP contribution is -2.33. The summed E-state index contributed by atoms with van der Waals surface area (Å²) in [4.78, 5) is 24.2. The van der Waals surface area contributed by atoms with Crippen LogP contribution >= 0.6 is 0 Å². The van der Waals surface area contributed by atoms with Crippen molar-refractivity contribution in [2.24, 2.45) is 5.41 Å². The molecular formula is C18H24N2O2. The van der Waals surface area contributed by atoms with Crippen molar-refractivity contribution in [3.05, 3.63) is 46.2 Å². The zero-order valence-electron chi connectivity index (χ0n) is 13.8. The summed E-state index contributed by atoms with van der Waals surface area (Å²) in [5.74, 6) is 0.0255. The second-order valence-electron chi connectivity index (χ2n) is 6.93. The Bertz CT molecular complexity index is 739. The Morgan fingerprint density at radius 1 is 1.23 bits per heavy atom. The van der Waals surface area contributed by atoms with E-state index in [0.717, 1.165) is 16.5 Å². The third-order valence-corrected chi connectivity index (χ3v) is 3.53. The zero-order valence-corrected chi connectivity index (χ0v) is 13.8. The van der Waals surface area contributed by atoms with E-state index in [9.17, 15) is 9.59 Å². The number of hydrogen-bond donors (Lipinski definition) is 1. The van der Waals surface area contributed by atoms with Gasteiger partial charge in [0.2, 0.25) is 5.91 Å². The first-order chi connectivity index (χ1) is 10.3. The zero-order chi connectivity index (χ0) is 16.3. The van der Waals surface area contributed by atoms with Gasteiger partial charge in [-0.1, -0.05) is 39.0 Å². The lowest BCUT2D eigenvalue weighted by atomic mass is 9.92. The van der Waals surface area contributed by atoms with Gasteiger partial charge in [-0.3, -0.25) is 9.59 Å². The molecule has 0 radical (unpaired) electrons. The number of nitrogens with one attached hydrogen (secondary N) is 1. The molecule has 0 fully saturated rings. The minimum absolute atomic E-state index is 0.00349. The predicted octanol–water partition coefficient (Wildman–Crippen LogP) is 2.86. The van der Waals surface area contributed by atoms with E-state index in [1.54, 1.807) is 4.57 Å². The normalized spacial score (nSPS) is 11.6. The van der Waals surface area contributed by atoms with Crippen LogP contribution in [0.3, 0.4) is 0 Å². The van der Waals surface area contributed by atoms with Crippen molar-refractivity contribution >= 4 is 16.8 Å². The Morgan fingerprint density at radius 3 is 2.59 bits per heavy atom. The molecule has 0 saturated carbocycles. The van der Waals surface area contributed by atoms with Gasteiger partial charge < -0.3 is 9.88 Å². The molecule has 1 amide bonds. The standard InChI is InChI=1S/C18H24N2O2/c1-13-11-14-7-5-6-8-15(14)20(17(13)22)10-9-19-16(21)12-18(2,3)4/h5-8,11H,9-10,12H2,1-4H3,(H,19,21). The van der Waals surface area contributed by atoms with Crippen molar-refractivity contribution in [1.82, 2.24) is 9.88 Å². The summed E-state index contributed by atoms with van der Waals surface area (Å²) >= 11 is 0. The summed E-state index contributed by atoms with van der Waals surface area (Å²) in [6.07, 6.45) is 0.483. The van der Waals surface area contributed by atoms with Gasteiger partial charge in [0.1, 0.15) is 0 Å². The van der Waals surface area contributed by atoms with Crippen molar-refractivity contribution in [2.45, 2.75) is 40.7 Å². The van der Waals surface area contributed by atoms with Crippen LogP contribution in [0.2, 0.25) is 0 Å². The highest BCUT2D eigenvalue weighted by molar-refractivity contribution is 5.79. The van der Waals surface area contributed by atoms with Crippen molar-refractivity contribution in [3.63, 3.8) is 0 Å². The van der Waals surface area contributed by atoms with Crippen molar-refractivity contribution in [3.8, 4) is 0 Å². The molecule has 4 nitrogen and oxygen atoms in total. The van der Waals surface area contributed by atoms with Crippen LogP contribution < -0.4 is 10.9 Å². The van der Waals surface area contributed by atoms with Crippen LogP contribution in [0.4, 0.5) is 0 Å². The number of fused-ring (bicyclic) bond motifs is 1. The molecule has 0 aliphatic heterocycles. The topological polar surface area (TPSA) is 51.1 Å². The van der Waals surface area contributed by atoms with Gasteiger partial charge in [0, 0.05) is 25.1 Å². The van der Waals surface area contributed by atoms with Gasteiger partial charge >= 0.3 is 0 Å². The molecule has 0 unspecified atom stereocenters. The first-order valence-corrected chi connectivity index (χ1v) is 7.64. The summed E-state index contributed by atoms with van der Waals surface area (Å²) in [6.45, 7) is 8.87. The number of rotatable bonds is 4. The molecule has 118 valence electrons. The third kappa shape index (κ3) is 3.97. The van der Waals surface area contributed by atoms with Crippen LogP contribution in [0.5, 0.6) is 0 Å². The maximum absolute atomic E-state index is 12.3. The number of pyridine rings is 1. The van der Waals surface area contributed by atoms with E-state index in [2.05, 4.69) is 5.32 Å². The van der Waals surface area contributed by atoms with Gasteiger partial charge in [-0.25, -0.2) is 0 Å². The van der Waals surface area contributed by atoms with Gasteiger partial charge in [-0.2, -0.15) is 0 Å². The summed E-state index contributed by atoms with van der Waals surface area (Å²) in [5, 5.41) is 3.94. The third-order valence-electron chi connectivity index (χ3n) is 3.53. The molecule has 4 heteroatoms. The highest BCUT2D eigenvalue weighted by atomic mass is 16.1. The highest BCUT2D eigenvalue weighted by Gasteiger charge is 2.15. The number of hydrogen-bond acceptors (Lipinski definition) is 2. The monoisotopic (exact) mass is 300 g/mol. The quantitative estimate of drug-likeness (QED) is 0.944. The minimum atomic E-state index is -0.0308. The molecule has 0 atom stereocenters. The summed E-state index contributed by atoms with van der Waals surface area (Å²) in [6, 6.07) is 9.73. The molecule has 1 aromatic carbocycles. The maximum Gasteiger partial charge on any atom is 0.254 e. The molecule has 0 bridgehead atoms. The van der Waals surface area contributed by atoms with Crippen LogP contribution in [-0.2, 0) is 11.3 Å². The van der Waals surface area contributed by atoms with Crippen LogP contribution in [0.1, 0.15) is 32.8 Å². The molecule has 2 aromatic rings. The Labute approximate surface area is 131 Å². The Hall–Kier alpha value is -2.10. The minimum Gasteiger partial charge on any atom is -0.354 e. The van der Waals surface area contributed by atoms with Crippen LogP contribution in [-0.4, -0.2) is 17.0 Å². The molecule has 1 aromatic heterocycles. The number of carbonyl (C=O) groups is 1. The summed E-state index contributed by atoms with van der Waals surface area (Å²) in [5.41, 5.74) is 1.60. The largest absolute Gasteiger partial charge is 0.354 e. The second kappa shape index (κ2) is 6.34. The highest BCUT2D eigenvalue weighted by Crippen LogP contribution is 2.17. The average Bonchev–Trinajstić information content (AvgIpc) is 2.41. The van der Waals surface area contributed by atoms with Crippen molar-refractivity contribution < 1.29 is 4.79 Å². The van der Waals surface area contributed by atoms with E-state index in [0.29, 0.717) is 19.5 Å². The van der Waals surface area contributed by atoms with Crippen LogP contribution in [0.15, 0.2) is 35.1 Å². The molecule has 0 saturated heterocycles. The van der Waals surface area contributed by atoms with Gasteiger partial charge in [-0.05, 0) is 29.9 Å². The number of aromatic nitrogens is 1. The van der Waals surface area contributed by atoms with E-state index in [1.165, 1.54) is 0 Å². The first kappa shape index (κ1) is 16.3. The predicted molar refractivity (Wildman–Crippen MR) is 90.0 cm³/mol. The van der Waals surface area contributed by atoms with E-state index >= 15 is 0 Å². The number of carbonyl (C=O) groups excluding carboxylic acids is 1. The smallest absolute Gasteiger partial charge is 0.254 e. The fourth-order valence-electron chi connectivity index (χ4n) is 2.55. The van der Waals surface area contributed by atoms with Gasteiger partial charge in [0.25, 0.3) is 5.56 Å². The number of benzene rings is 1. The fraction of sp³-hybridized carbons (Fsp3) is 0.444. The maximum atomic E-state index is 12.3. The number of nitrogens with zero attached hydrogens (tertiary/aromatic N) is 1. The van der Waals surface area contributed by atoms with E-state index < -0.39 is 0 Å². The van der Waals surface area contributed by atoms with E-state index in [1.807, 2.05) is 58.0 Å². The molecule has 0 aliphatic rings. The van der Waals surface area contributed by atoms with Crippen LogP contribution in [0, 0.1) is 12.3 Å². The lowest BCUT2D eigenvalue weighted by Gasteiger charge is -2.18. The van der Waals surface area contributed by atoms with Gasteiger partial charge in [-0.15, -0.1) is 0 Å². The van der Waals surface area contributed by atoms with Gasteiger partial charge in [0.05, 0.1) is 5.52 Å². The number of para-hydroxylation sites is 1.